The van der Waals surface area contributed by atoms with E-state index in [9.17, 15) is 9.90 Å². The molecule has 0 fully saturated rings. The van der Waals surface area contributed by atoms with E-state index in [2.05, 4.69) is 5.32 Å². The average molecular weight is 265 g/mol. The summed E-state index contributed by atoms with van der Waals surface area (Å²) in [6.45, 7) is 4.40. The molecule has 0 spiro atoms. The maximum atomic E-state index is 11.7. The summed E-state index contributed by atoms with van der Waals surface area (Å²) in [6, 6.07) is 9.72. The monoisotopic (exact) mass is 265 g/mol. The maximum Gasteiger partial charge on any atom is 0.248 e. The molecule has 2 N–H and O–H groups in total. The Hall–Kier alpha value is -1.39. The second-order valence-electron chi connectivity index (χ2n) is 4.63. The molecule has 1 rings (SSSR count). The largest absolute Gasteiger partial charge is 0.391 e. The number of aliphatic hydroxyl groups excluding tert-OH is 1. The van der Waals surface area contributed by atoms with Gasteiger partial charge in [-0.15, -0.1) is 0 Å². The molecule has 0 saturated heterocycles. The van der Waals surface area contributed by atoms with Crippen LogP contribution < -0.4 is 5.32 Å². The van der Waals surface area contributed by atoms with Crippen molar-refractivity contribution >= 4 is 5.91 Å². The molecule has 106 valence electrons. The summed E-state index contributed by atoms with van der Waals surface area (Å²) >= 11 is 0. The molecule has 1 aromatic carbocycles. The van der Waals surface area contributed by atoms with Gasteiger partial charge in [0.15, 0.2) is 0 Å². The van der Waals surface area contributed by atoms with Crippen molar-refractivity contribution in [2.24, 2.45) is 0 Å². The quantitative estimate of drug-likeness (QED) is 0.754. The van der Waals surface area contributed by atoms with Crippen molar-refractivity contribution in [2.45, 2.75) is 45.5 Å². The lowest BCUT2D eigenvalue weighted by molar-refractivity contribution is -0.132. The lowest BCUT2D eigenvalue weighted by Crippen LogP contribution is -2.38. The number of aliphatic hydroxyl groups is 1. The lowest BCUT2D eigenvalue weighted by Gasteiger charge is -2.15. The number of rotatable bonds is 8. The molecular formula is C15H23NO3. The molecule has 4 nitrogen and oxygen atoms in total. The van der Waals surface area contributed by atoms with Crippen LogP contribution in [0.15, 0.2) is 30.3 Å². The van der Waals surface area contributed by atoms with E-state index in [1.54, 1.807) is 6.92 Å². The summed E-state index contributed by atoms with van der Waals surface area (Å²) in [5.41, 5.74) is 1.04. The van der Waals surface area contributed by atoms with Crippen molar-refractivity contribution in [2.75, 3.05) is 6.54 Å². The van der Waals surface area contributed by atoms with Crippen molar-refractivity contribution in [3.8, 4) is 0 Å². The lowest BCUT2D eigenvalue weighted by atomic mass is 10.2. The minimum atomic E-state index is -0.519. The highest BCUT2D eigenvalue weighted by Crippen LogP contribution is 2.03. The van der Waals surface area contributed by atoms with Crippen LogP contribution in [0.3, 0.4) is 0 Å². The van der Waals surface area contributed by atoms with Gasteiger partial charge >= 0.3 is 0 Å². The number of carbonyl (C=O) groups is 1. The predicted octanol–water partition coefficient (Wildman–Crippen LogP) is 1.87. The third-order valence-electron chi connectivity index (χ3n) is 2.85. The van der Waals surface area contributed by atoms with Crippen LogP contribution >= 0.6 is 0 Å². The van der Waals surface area contributed by atoms with Gasteiger partial charge in [0, 0.05) is 6.54 Å². The van der Waals surface area contributed by atoms with Gasteiger partial charge in [-0.05, 0) is 18.9 Å². The Morgan fingerprint density at radius 3 is 2.68 bits per heavy atom. The van der Waals surface area contributed by atoms with E-state index < -0.39 is 12.2 Å². The first-order valence-corrected chi connectivity index (χ1v) is 6.74. The first-order valence-electron chi connectivity index (χ1n) is 6.74. The van der Waals surface area contributed by atoms with Gasteiger partial charge in [-0.3, -0.25) is 4.79 Å². The van der Waals surface area contributed by atoms with Crippen molar-refractivity contribution in [3.05, 3.63) is 35.9 Å². The highest BCUT2D eigenvalue weighted by molar-refractivity contribution is 5.80. The van der Waals surface area contributed by atoms with E-state index >= 15 is 0 Å². The van der Waals surface area contributed by atoms with E-state index in [1.807, 2.05) is 37.3 Å². The van der Waals surface area contributed by atoms with Gasteiger partial charge in [-0.1, -0.05) is 43.7 Å². The molecule has 0 saturated carbocycles. The highest BCUT2D eigenvalue weighted by atomic mass is 16.5. The van der Waals surface area contributed by atoms with Crippen LogP contribution in [0.2, 0.25) is 0 Å². The third kappa shape index (κ3) is 6.36. The van der Waals surface area contributed by atoms with Crippen molar-refractivity contribution in [1.29, 1.82) is 0 Å². The van der Waals surface area contributed by atoms with Crippen molar-refractivity contribution in [1.82, 2.24) is 5.32 Å². The van der Waals surface area contributed by atoms with Crippen LogP contribution in [0.25, 0.3) is 0 Å². The van der Waals surface area contributed by atoms with Crippen LogP contribution in [0.1, 0.15) is 32.3 Å². The molecule has 1 amide bonds. The summed E-state index contributed by atoms with van der Waals surface area (Å²) in [5.74, 6) is -0.189. The smallest absolute Gasteiger partial charge is 0.248 e. The average Bonchev–Trinajstić information content (AvgIpc) is 2.43. The van der Waals surface area contributed by atoms with Gasteiger partial charge in [0.05, 0.1) is 12.7 Å². The van der Waals surface area contributed by atoms with E-state index in [0.29, 0.717) is 13.0 Å². The fourth-order valence-electron chi connectivity index (χ4n) is 1.67. The predicted molar refractivity (Wildman–Crippen MR) is 74.6 cm³/mol. The number of amides is 1. The van der Waals surface area contributed by atoms with Gasteiger partial charge in [0.1, 0.15) is 6.10 Å². The zero-order chi connectivity index (χ0) is 14.1. The molecule has 4 heteroatoms. The topological polar surface area (TPSA) is 58.6 Å². The second kappa shape index (κ2) is 8.67. The van der Waals surface area contributed by atoms with E-state index in [-0.39, 0.29) is 12.5 Å². The Morgan fingerprint density at radius 2 is 2.05 bits per heavy atom. The van der Waals surface area contributed by atoms with E-state index in [0.717, 1.165) is 12.0 Å². The fourth-order valence-corrected chi connectivity index (χ4v) is 1.67. The Balaban J connectivity index is 2.25. The zero-order valence-electron chi connectivity index (χ0n) is 11.6. The van der Waals surface area contributed by atoms with Crippen LogP contribution in [0.4, 0.5) is 0 Å². The van der Waals surface area contributed by atoms with Gasteiger partial charge in [0.2, 0.25) is 5.91 Å². The molecule has 0 radical (unpaired) electrons. The normalized spacial score (nSPS) is 13.8. The number of hydrogen-bond donors (Lipinski definition) is 2. The first kappa shape index (κ1) is 15.7. The maximum absolute atomic E-state index is 11.7. The number of hydrogen-bond acceptors (Lipinski definition) is 3. The molecule has 0 aliphatic carbocycles. The van der Waals surface area contributed by atoms with E-state index in [1.165, 1.54) is 0 Å². The van der Waals surface area contributed by atoms with Crippen LogP contribution in [-0.2, 0) is 16.1 Å². The van der Waals surface area contributed by atoms with Gasteiger partial charge in [0.25, 0.3) is 0 Å². The molecule has 19 heavy (non-hydrogen) atoms. The first-order chi connectivity index (χ1) is 9.13. The second-order valence-corrected chi connectivity index (χ2v) is 4.63. The summed E-state index contributed by atoms with van der Waals surface area (Å²) < 4.78 is 5.49. The number of ether oxygens (including phenoxy) is 1. The molecule has 0 heterocycles. The fraction of sp³-hybridized carbons (Fsp3) is 0.533. The van der Waals surface area contributed by atoms with Crippen LogP contribution in [0.5, 0.6) is 0 Å². The molecular weight excluding hydrogens is 242 g/mol. The minimum Gasteiger partial charge on any atom is -0.391 e. The molecule has 2 unspecified atom stereocenters. The van der Waals surface area contributed by atoms with Gasteiger partial charge in [-0.2, -0.15) is 0 Å². The SMILES string of the molecule is CCCC(O)CNC(=O)C(C)OCc1ccccc1. The summed E-state index contributed by atoms with van der Waals surface area (Å²) in [6.07, 6.45) is 0.598. The van der Waals surface area contributed by atoms with Crippen molar-refractivity contribution in [3.63, 3.8) is 0 Å². The number of carbonyl (C=O) groups excluding carboxylic acids is 1. The highest BCUT2D eigenvalue weighted by Gasteiger charge is 2.14. The van der Waals surface area contributed by atoms with E-state index in [4.69, 9.17) is 4.74 Å². The summed E-state index contributed by atoms with van der Waals surface area (Å²) in [7, 11) is 0. The van der Waals surface area contributed by atoms with Crippen LogP contribution in [0, 0.1) is 0 Å². The molecule has 2 atom stereocenters. The minimum absolute atomic E-state index is 0.189. The number of benzene rings is 1. The summed E-state index contributed by atoms with van der Waals surface area (Å²) in [4.78, 5) is 11.7. The standard InChI is InChI=1S/C15H23NO3/c1-3-7-14(17)10-16-15(18)12(2)19-11-13-8-5-4-6-9-13/h4-6,8-9,12,14,17H,3,7,10-11H2,1-2H3,(H,16,18). The molecule has 0 aromatic heterocycles. The Morgan fingerprint density at radius 1 is 1.37 bits per heavy atom. The number of nitrogens with one attached hydrogen (secondary N) is 1. The van der Waals surface area contributed by atoms with Crippen molar-refractivity contribution < 1.29 is 14.6 Å². The Bertz CT molecular complexity index is 367. The molecule has 0 aliphatic heterocycles. The Kier molecular flexibility index (Phi) is 7.15. The molecule has 0 bridgehead atoms. The van der Waals surface area contributed by atoms with Gasteiger partial charge < -0.3 is 15.2 Å². The van der Waals surface area contributed by atoms with Crippen LogP contribution in [-0.4, -0.2) is 29.8 Å². The summed E-state index contributed by atoms with van der Waals surface area (Å²) in [5, 5.41) is 12.2. The molecule has 1 aromatic rings. The third-order valence-corrected chi connectivity index (χ3v) is 2.85. The Labute approximate surface area is 114 Å². The molecule has 0 aliphatic rings. The van der Waals surface area contributed by atoms with Gasteiger partial charge in [-0.25, -0.2) is 0 Å². The zero-order valence-corrected chi connectivity index (χ0v) is 11.6.